The summed E-state index contributed by atoms with van der Waals surface area (Å²) < 4.78 is 5.64. The molecule has 1 fully saturated rings. The van der Waals surface area contributed by atoms with Gasteiger partial charge in [0.1, 0.15) is 11.8 Å². The van der Waals surface area contributed by atoms with Crippen molar-refractivity contribution in [3.8, 4) is 0 Å². The summed E-state index contributed by atoms with van der Waals surface area (Å²) in [7, 11) is 0. The van der Waals surface area contributed by atoms with Crippen molar-refractivity contribution in [2.24, 2.45) is 5.92 Å². The number of furan rings is 1. The lowest BCUT2D eigenvalue weighted by molar-refractivity contribution is -0.131. The maximum atomic E-state index is 12.8. The summed E-state index contributed by atoms with van der Waals surface area (Å²) in [4.78, 5) is 14.7. The molecule has 2 atom stereocenters. The van der Waals surface area contributed by atoms with Gasteiger partial charge in [-0.3, -0.25) is 4.79 Å². The lowest BCUT2D eigenvalue weighted by Crippen LogP contribution is -2.55. The molecule has 1 saturated heterocycles. The summed E-state index contributed by atoms with van der Waals surface area (Å²) in [6.45, 7) is 0. The summed E-state index contributed by atoms with van der Waals surface area (Å²) in [6, 6.07) is 24.2. The van der Waals surface area contributed by atoms with E-state index in [4.69, 9.17) is 4.42 Å². The molecule has 0 radical (unpaired) electrons. The fourth-order valence-corrected chi connectivity index (χ4v) is 3.66. The largest absolute Gasteiger partial charge is 0.467 e. The molecule has 4 rings (SSSR count). The van der Waals surface area contributed by atoms with E-state index >= 15 is 0 Å². The number of hydrogen-bond donors (Lipinski definition) is 0. The quantitative estimate of drug-likeness (QED) is 0.595. The molecule has 3 aromatic rings. The summed E-state index contributed by atoms with van der Waals surface area (Å²) >= 11 is 0. The first-order chi connectivity index (χ1) is 12.3. The summed E-state index contributed by atoms with van der Waals surface area (Å²) in [6.07, 6.45) is 4.56. The lowest BCUT2D eigenvalue weighted by atomic mass is 9.81. The summed E-state index contributed by atoms with van der Waals surface area (Å²) in [5.74, 6) is 1.06. The van der Waals surface area contributed by atoms with E-state index in [1.807, 2.05) is 53.4 Å². The number of carbonyl (C=O) groups is 1. The average molecular weight is 331 g/mol. The summed E-state index contributed by atoms with van der Waals surface area (Å²) in [5, 5.41) is 0. The third-order valence-electron chi connectivity index (χ3n) is 4.91. The smallest absolute Gasteiger partial charge is 0.233 e. The molecule has 2 aromatic carbocycles. The molecule has 0 aliphatic carbocycles. The molecule has 2 heterocycles. The minimum atomic E-state index is -0.00457. The zero-order valence-electron chi connectivity index (χ0n) is 14.0. The lowest BCUT2D eigenvalue weighted by Gasteiger charge is -2.46. The van der Waals surface area contributed by atoms with Crippen LogP contribution in [0.4, 0.5) is 5.69 Å². The highest BCUT2D eigenvalue weighted by atomic mass is 16.3. The molecule has 1 aliphatic rings. The van der Waals surface area contributed by atoms with Crippen LogP contribution in [-0.2, 0) is 11.2 Å². The van der Waals surface area contributed by atoms with Gasteiger partial charge in [-0.15, -0.1) is 0 Å². The van der Waals surface area contributed by atoms with Crippen molar-refractivity contribution in [1.82, 2.24) is 0 Å². The number of para-hydroxylation sites is 1. The Kier molecular flexibility index (Phi) is 4.38. The molecular formula is C22H21NO2. The third-order valence-corrected chi connectivity index (χ3v) is 4.91. The number of hydrogen-bond acceptors (Lipinski definition) is 2. The van der Waals surface area contributed by atoms with Gasteiger partial charge >= 0.3 is 0 Å². The summed E-state index contributed by atoms with van der Waals surface area (Å²) in [5.41, 5.74) is 2.26. The van der Waals surface area contributed by atoms with Gasteiger partial charge in [0.2, 0.25) is 5.91 Å². The molecular weight excluding hydrogens is 310 g/mol. The first-order valence-corrected chi connectivity index (χ1v) is 8.80. The number of rotatable bonds is 6. The Morgan fingerprint density at radius 3 is 2.28 bits per heavy atom. The van der Waals surface area contributed by atoms with Crippen LogP contribution in [0.25, 0.3) is 0 Å². The van der Waals surface area contributed by atoms with E-state index in [2.05, 4.69) is 24.3 Å². The highest BCUT2D eigenvalue weighted by Gasteiger charge is 2.49. The fourth-order valence-electron chi connectivity index (χ4n) is 3.66. The number of carbonyl (C=O) groups excluding carboxylic acids is 1. The number of benzene rings is 2. The van der Waals surface area contributed by atoms with Gasteiger partial charge in [-0.2, -0.15) is 0 Å². The maximum absolute atomic E-state index is 12.8. The third kappa shape index (κ3) is 3.10. The number of aryl methyl sites for hydroxylation is 1. The second-order valence-corrected chi connectivity index (χ2v) is 6.49. The Balaban J connectivity index is 1.48. The Morgan fingerprint density at radius 2 is 1.60 bits per heavy atom. The first-order valence-electron chi connectivity index (χ1n) is 8.80. The zero-order chi connectivity index (χ0) is 17.1. The van der Waals surface area contributed by atoms with Gasteiger partial charge in [0.05, 0.1) is 12.2 Å². The number of β-lactam (4-membered cyclic amide) rings is 1. The second kappa shape index (κ2) is 6.98. The van der Waals surface area contributed by atoms with Crippen molar-refractivity contribution in [1.29, 1.82) is 0 Å². The van der Waals surface area contributed by atoms with E-state index in [0.29, 0.717) is 0 Å². The standard InChI is InChI=1S/C22H21NO2/c24-22-19(14-7-11-17-9-3-1-4-10-17)21(20-15-8-16-25-20)23(22)18-12-5-2-6-13-18/h1-6,8-10,12-13,15-16,19,21H,7,11,14H2/t19-,21-/m0/s1. The molecule has 1 aliphatic heterocycles. The highest BCUT2D eigenvalue weighted by molar-refractivity contribution is 6.03. The van der Waals surface area contributed by atoms with Crippen LogP contribution in [0.3, 0.4) is 0 Å². The Labute approximate surface area is 147 Å². The molecule has 3 heteroatoms. The number of nitrogens with zero attached hydrogens (tertiary/aromatic N) is 1. The van der Waals surface area contributed by atoms with Gasteiger partial charge in [0.25, 0.3) is 0 Å². The van der Waals surface area contributed by atoms with Gasteiger partial charge < -0.3 is 9.32 Å². The topological polar surface area (TPSA) is 33.5 Å². The Hall–Kier alpha value is -2.81. The van der Waals surface area contributed by atoms with Crippen molar-refractivity contribution >= 4 is 11.6 Å². The minimum Gasteiger partial charge on any atom is -0.467 e. The highest BCUT2D eigenvalue weighted by Crippen LogP contribution is 2.45. The average Bonchev–Trinajstić information content (AvgIpc) is 3.18. The molecule has 0 spiro atoms. The van der Waals surface area contributed by atoms with E-state index in [9.17, 15) is 4.79 Å². The zero-order valence-corrected chi connectivity index (χ0v) is 14.0. The van der Waals surface area contributed by atoms with Gasteiger partial charge in [-0.05, 0) is 49.1 Å². The molecule has 25 heavy (non-hydrogen) atoms. The predicted octanol–water partition coefficient (Wildman–Crippen LogP) is 5.01. The Bertz CT molecular complexity index is 812. The van der Waals surface area contributed by atoms with E-state index < -0.39 is 0 Å². The van der Waals surface area contributed by atoms with Crippen LogP contribution in [0.15, 0.2) is 83.5 Å². The maximum Gasteiger partial charge on any atom is 0.233 e. The van der Waals surface area contributed by atoms with Crippen LogP contribution in [0.1, 0.15) is 30.2 Å². The molecule has 1 amide bonds. The normalized spacial score (nSPS) is 19.7. The van der Waals surface area contributed by atoms with Crippen LogP contribution < -0.4 is 4.90 Å². The first kappa shape index (κ1) is 15.7. The number of anilines is 1. The van der Waals surface area contributed by atoms with Crippen LogP contribution in [0, 0.1) is 5.92 Å². The van der Waals surface area contributed by atoms with Gasteiger partial charge in [-0.25, -0.2) is 0 Å². The van der Waals surface area contributed by atoms with Crippen molar-refractivity contribution in [3.63, 3.8) is 0 Å². The van der Waals surface area contributed by atoms with E-state index in [1.54, 1.807) is 6.26 Å². The molecule has 3 nitrogen and oxygen atoms in total. The van der Waals surface area contributed by atoms with Crippen molar-refractivity contribution < 1.29 is 9.21 Å². The van der Waals surface area contributed by atoms with Gasteiger partial charge in [0.15, 0.2) is 0 Å². The van der Waals surface area contributed by atoms with Crippen LogP contribution in [-0.4, -0.2) is 5.91 Å². The molecule has 0 unspecified atom stereocenters. The van der Waals surface area contributed by atoms with Crippen molar-refractivity contribution in [2.45, 2.75) is 25.3 Å². The Morgan fingerprint density at radius 1 is 0.880 bits per heavy atom. The monoisotopic (exact) mass is 331 g/mol. The van der Waals surface area contributed by atoms with Crippen LogP contribution >= 0.6 is 0 Å². The second-order valence-electron chi connectivity index (χ2n) is 6.49. The fraction of sp³-hybridized carbons (Fsp3) is 0.227. The van der Waals surface area contributed by atoms with E-state index in [1.165, 1.54) is 5.56 Å². The number of amides is 1. The van der Waals surface area contributed by atoms with E-state index in [-0.39, 0.29) is 17.9 Å². The van der Waals surface area contributed by atoms with Gasteiger partial charge in [0, 0.05) is 5.69 Å². The van der Waals surface area contributed by atoms with Crippen molar-refractivity contribution in [3.05, 3.63) is 90.4 Å². The molecule has 126 valence electrons. The molecule has 0 bridgehead atoms. The minimum absolute atomic E-state index is 0.000623. The van der Waals surface area contributed by atoms with Crippen LogP contribution in [0.2, 0.25) is 0 Å². The molecule has 0 N–H and O–H groups in total. The molecule has 0 saturated carbocycles. The van der Waals surface area contributed by atoms with Crippen LogP contribution in [0.5, 0.6) is 0 Å². The van der Waals surface area contributed by atoms with Crippen molar-refractivity contribution in [2.75, 3.05) is 4.90 Å². The molecule has 1 aromatic heterocycles. The van der Waals surface area contributed by atoms with Gasteiger partial charge in [-0.1, -0.05) is 48.5 Å². The van der Waals surface area contributed by atoms with E-state index in [0.717, 1.165) is 30.7 Å². The SMILES string of the molecule is O=C1[C@@H](CCCc2ccccc2)[C@@H](c2ccco2)N1c1ccccc1. The predicted molar refractivity (Wildman–Crippen MR) is 98.2 cm³/mol.